The van der Waals surface area contributed by atoms with E-state index in [4.69, 9.17) is 0 Å². The lowest BCUT2D eigenvalue weighted by Gasteiger charge is -2.19. The lowest BCUT2D eigenvalue weighted by Crippen LogP contribution is -2.18. The van der Waals surface area contributed by atoms with Gasteiger partial charge in [-0.2, -0.15) is 13.2 Å². The Morgan fingerprint density at radius 1 is 0.795 bits per heavy atom. The number of benzene rings is 3. The molecule has 0 aliphatic heterocycles. The number of fused-ring (bicyclic) bond motifs is 1. The Hall–Kier alpha value is -4.07. The van der Waals surface area contributed by atoms with Crippen LogP contribution in [0.25, 0.3) is 10.9 Å². The topological polar surface area (TPSA) is 63.1 Å². The number of hydrogen-bond acceptors (Lipinski definition) is 2. The van der Waals surface area contributed by atoms with Gasteiger partial charge in [0.2, 0.25) is 5.91 Å². The summed E-state index contributed by atoms with van der Waals surface area (Å²) in [5.41, 5.74) is 3.39. The fraction of sp³-hybridized carbons (Fsp3) is 0.290. The molecular weight excluding hydrogens is 503 g/mol. The second kappa shape index (κ2) is 10.6. The zero-order chi connectivity index (χ0) is 28.5. The number of halogens is 3. The van der Waals surface area contributed by atoms with Crippen molar-refractivity contribution in [2.24, 2.45) is 5.92 Å². The summed E-state index contributed by atoms with van der Waals surface area (Å²) in [5, 5.41) is 6.35. The van der Waals surface area contributed by atoms with Crippen molar-refractivity contribution < 1.29 is 22.8 Å². The number of anilines is 2. The Labute approximate surface area is 226 Å². The zero-order valence-corrected chi connectivity index (χ0v) is 22.6. The minimum Gasteiger partial charge on any atom is -0.332 e. The van der Waals surface area contributed by atoms with E-state index in [2.05, 4.69) is 43.5 Å². The van der Waals surface area contributed by atoms with Gasteiger partial charge in [-0.15, -0.1) is 0 Å². The first-order valence-electron chi connectivity index (χ1n) is 12.7. The molecule has 8 heteroatoms. The Balaban J connectivity index is 1.70. The third kappa shape index (κ3) is 6.50. The number of alkyl halides is 3. The number of nitrogens with one attached hydrogen (secondary N) is 2. The molecule has 5 nitrogen and oxygen atoms in total. The summed E-state index contributed by atoms with van der Waals surface area (Å²) < 4.78 is 40.7. The molecule has 0 radical (unpaired) electrons. The van der Waals surface area contributed by atoms with Gasteiger partial charge in [0.25, 0.3) is 5.91 Å². The Morgan fingerprint density at radius 2 is 1.38 bits per heavy atom. The van der Waals surface area contributed by atoms with Crippen LogP contribution in [0.15, 0.2) is 72.8 Å². The molecule has 3 aromatic carbocycles. The third-order valence-corrected chi connectivity index (χ3v) is 6.56. The summed E-state index contributed by atoms with van der Waals surface area (Å²) in [6.07, 6.45) is -4.46. The standard InChI is InChI=1S/C31H32F3N3O2/c1-19(2)28(38)36-25-14-15-26-21(16-25)17-27(29(39)35-24-12-10-23(11-13-24)31(32,33)34)37(26)18-20-6-8-22(9-7-20)30(3,4)5/h6-17,19H,18H2,1-5H3,(H,35,39)(H,36,38). The molecule has 1 aromatic heterocycles. The summed E-state index contributed by atoms with van der Waals surface area (Å²) in [6, 6.07) is 19.7. The van der Waals surface area contributed by atoms with Gasteiger partial charge in [0.05, 0.1) is 5.56 Å². The molecule has 0 bridgehead atoms. The van der Waals surface area contributed by atoms with E-state index < -0.39 is 17.6 Å². The van der Waals surface area contributed by atoms with E-state index in [0.29, 0.717) is 17.9 Å². The predicted molar refractivity (Wildman–Crippen MR) is 149 cm³/mol. The summed E-state index contributed by atoms with van der Waals surface area (Å²) in [7, 11) is 0. The minimum absolute atomic E-state index is 0.00219. The van der Waals surface area contributed by atoms with Gasteiger partial charge in [-0.25, -0.2) is 0 Å². The van der Waals surface area contributed by atoms with Gasteiger partial charge in [-0.05, 0) is 65.1 Å². The van der Waals surface area contributed by atoms with Crippen molar-refractivity contribution in [3.63, 3.8) is 0 Å². The fourth-order valence-corrected chi connectivity index (χ4v) is 4.22. The molecule has 0 spiro atoms. The van der Waals surface area contributed by atoms with Crippen LogP contribution in [0.2, 0.25) is 0 Å². The second-order valence-corrected chi connectivity index (χ2v) is 11.0. The highest BCUT2D eigenvalue weighted by Crippen LogP contribution is 2.31. The zero-order valence-electron chi connectivity index (χ0n) is 22.6. The predicted octanol–water partition coefficient (Wildman–Crippen LogP) is 7.85. The third-order valence-electron chi connectivity index (χ3n) is 6.56. The SMILES string of the molecule is CC(C)C(=O)Nc1ccc2c(c1)cc(C(=O)Nc1ccc(C(F)(F)F)cc1)n2Cc1ccc(C(C)(C)C)cc1. The monoisotopic (exact) mass is 535 g/mol. The molecule has 2 N–H and O–H groups in total. The molecule has 4 rings (SSSR count). The summed E-state index contributed by atoms with van der Waals surface area (Å²) >= 11 is 0. The summed E-state index contributed by atoms with van der Waals surface area (Å²) in [6.45, 7) is 10.4. The number of amides is 2. The van der Waals surface area contributed by atoms with Crippen molar-refractivity contribution >= 4 is 34.1 Å². The number of carbonyl (C=O) groups excluding carboxylic acids is 2. The molecule has 4 aromatic rings. The first-order chi connectivity index (χ1) is 18.2. The van der Waals surface area contributed by atoms with Crippen LogP contribution in [0, 0.1) is 5.92 Å². The molecule has 0 fully saturated rings. The van der Waals surface area contributed by atoms with Gasteiger partial charge in [0.15, 0.2) is 0 Å². The molecule has 1 heterocycles. The van der Waals surface area contributed by atoms with E-state index in [1.165, 1.54) is 17.7 Å². The normalized spacial score (nSPS) is 12.1. The van der Waals surface area contributed by atoms with Gasteiger partial charge in [0.1, 0.15) is 5.69 Å². The largest absolute Gasteiger partial charge is 0.416 e. The lowest BCUT2D eigenvalue weighted by molar-refractivity contribution is -0.137. The van der Waals surface area contributed by atoms with E-state index in [9.17, 15) is 22.8 Å². The quantitative estimate of drug-likeness (QED) is 0.264. The van der Waals surface area contributed by atoms with Crippen LogP contribution in [0.3, 0.4) is 0 Å². The average molecular weight is 536 g/mol. The molecule has 0 atom stereocenters. The average Bonchev–Trinajstić information content (AvgIpc) is 3.21. The first kappa shape index (κ1) is 28.0. The smallest absolute Gasteiger partial charge is 0.332 e. The van der Waals surface area contributed by atoms with E-state index in [-0.39, 0.29) is 22.9 Å². The molecule has 0 saturated carbocycles. The van der Waals surface area contributed by atoms with Crippen molar-refractivity contribution in [3.8, 4) is 0 Å². The molecule has 204 valence electrons. The van der Waals surface area contributed by atoms with E-state index in [1.807, 2.05) is 28.8 Å². The highest BCUT2D eigenvalue weighted by atomic mass is 19.4. The van der Waals surface area contributed by atoms with Gasteiger partial charge < -0.3 is 15.2 Å². The Kier molecular flexibility index (Phi) is 7.59. The number of rotatable bonds is 6. The minimum atomic E-state index is -4.46. The Bertz CT molecular complexity index is 1490. The Morgan fingerprint density at radius 3 is 1.95 bits per heavy atom. The van der Waals surface area contributed by atoms with Crippen molar-refractivity contribution in [1.82, 2.24) is 4.57 Å². The fourth-order valence-electron chi connectivity index (χ4n) is 4.22. The molecule has 39 heavy (non-hydrogen) atoms. The van der Waals surface area contributed by atoms with Gasteiger partial charge in [0, 0.05) is 34.7 Å². The molecule has 2 amide bonds. The van der Waals surface area contributed by atoms with Crippen LogP contribution < -0.4 is 10.6 Å². The van der Waals surface area contributed by atoms with Crippen LogP contribution in [-0.4, -0.2) is 16.4 Å². The number of nitrogens with zero attached hydrogens (tertiary/aromatic N) is 1. The second-order valence-electron chi connectivity index (χ2n) is 11.0. The lowest BCUT2D eigenvalue weighted by atomic mass is 9.87. The van der Waals surface area contributed by atoms with E-state index in [1.54, 1.807) is 26.0 Å². The summed E-state index contributed by atoms with van der Waals surface area (Å²) in [5.74, 6) is -0.760. The maximum atomic E-state index is 13.4. The van der Waals surface area contributed by atoms with Crippen molar-refractivity contribution in [2.45, 2.75) is 52.8 Å². The number of hydrogen-bond donors (Lipinski definition) is 2. The molecule has 0 unspecified atom stereocenters. The van der Waals surface area contributed by atoms with Crippen molar-refractivity contribution in [3.05, 3.63) is 95.2 Å². The van der Waals surface area contributed by atoms with Gasteiger partial charge >= 0.3 is 6.18 Å². The summed E-state index contributed by atoms with van der Waals surface area (Å²) in [4.78, 5) is 25.6. The van der Waals surface area contributed by atoms with E-state index >= 15 is 0 Å². The highest BCUT2D eigenvalue weighted by molar-refractivity contribution is 6.07. The van der Waals surface area contributed by atoms with Crippen LogP contribution in [0.1, 0.15) is 61.8 Å². The van der Waals surface area contributed by atoms with Crippen LogP contribution in [0.5, 0.6) is 0 Å². The van der Waals surface area contributed by atoms with Crippen LogP contribution >= 0.6 is 0 Å². The first-order valence-corrected chi connectivity index (χ1v) is 12.7. The molecule has 0 aliphatic carbocycles. The maximum absolute atomic E-state index is 13.4. The molecular formula is C31H32F3N3O2. The maximum Gasteiger partial charge on any atom is 0.416 e. The number of aromatic nitrogens is 1. The number of carbonyl (C=O) groups is 2. The molecule has 0 aliphatic rings. The van der Waals surface area contributed by atoms with Gasteiger partial charge in [-0.3, -0.25) is 9.59 Å². The van der Waals surface area contributed by atoms with Crippen molar-refractivity contribution in [1.29, 1.82) is 0 Å². The van der Waals surface area contributed by atoms with Crippen LogP contribution in [0.4, 0.5) is 24.5 Å². The van der Waals surface area contributed by atoms with Crippen LogP contribution in [-0.2, 0) is 22.9 Å². The molecule has 0 saturated heterocycles. The highest BCUT2D eigenvalue weighted by Gasteiger charge is 2.30. The van der Waals surface area contributed by atoms with Crippen molar-refractivity contribution in [2.75, 3.05) is 10.6 Å². The van der Waals surface area contributed by atoms with E-state index in [0.717, 1.165) is 28.6 Å². The van der Waals surface area contributed by atoms with Gasteiger partial charge in [-0.1, -0.05) is 58.9 Å².